The van der Waals surface area contributed by atoms with Gasteiger partial charge in [-0.05, 0) is 23.9 Å². The lowest BCUT2D eigenvalue weighted by Gasteiger charge is -2.03. The van der Waals surface area contributed by atoms with Gasteiger partial charge in [0, 0.05) is 24.9 Å². The van der Waals surface area contributed by atoms with Gasteiger partial charge in [-0.1, -0.05) is 0 Å². The molecule has 0 saturated heterocycles. The number of nitrogens with one attached hydrogen (secondary N) is 1. The van der Waals surface area contributed by atoms with Crippen LogP contribution in [-0.4, -0.2) is 19.9 Å². The highest BCUT2D eigenvalue weighted by Gasteiger charge is 2.16. The molecule has 0 unspecified atom stereocenters. The minimum atomic E-state index is -3.42. The summed E-state index contributed by atoms with van der Waals surface area (Å²) >= 11 is 2.75. The van der Waals surface area contributed by atoms with E-state index in [4.69, 9.17) is 5.73 Å². The van der Waals surface area contributed by atoms with Crippen LogP contribution in [0.2, 0.25) is 0 Å². The molecule has 2 aromatic heterocycles. The van der Waals surface area contributed by atoms with E-state index in [9.17, 15) is 8.42 Å². The van der Waals surface area contributed by atoms with Gasteiger partial charge in [0.05, 0.1) is 10.7 Å². The number of aryl methyl sites for hydroxylation is 1. The Bertz CT molecular complexity index is 646. The molecule has 0 spiro atoms. The van der Waals surface area contributed by atoms with Gasteiger partial charge in [0.25, 0.3) is 0 Å². The zero-order chi connectivity index (χ0) is 13.9. The third-order valence-electron chi connectivity index (χ3n) is 2.47. The first kappa shape index (κ1) is 14.6. The van der Waals surface area contributed by atoms with Gasteiger partial charge in [0.1, 0.15) is 4.21 Å². The van der Waals surface area contributed by atoms with E-state index < -0.39 is 10.0 Å². The third-order valence-corrected chi connectivity index (χ3v) is 6.24. The van der Waals surface area contributed by atoms with Gasteiger partial charge >= 0.3 is 0 Å². The zero-order valence-electron chi connectivity index (χ0n) is 10.4. The van der Waals surface area contributed by atoms with Gasteiger partial charge in [0.2, 0.25) is 10.0 Å². The predicted octanol–water partition coefficient (Wildman–Crippen LogP) is 1.49. The largest absolute Gasteiger partial charge is 0.326 e. The second kappa shape index (κ2) is 6.10. The Morgan fingerprint density at radius 3 is 2.74 bits per heavy atom. The molecule has 0 fully saturated rings. The van der Waals surface area contributed by atoms with Crippen molar-refractivity contribution in [2.45, 2.75) is 24.1 Å². The van der Waals surface area contributed by atoms with Crippen LogP contribution in [0.15, 0.2) is 21.0 Å². The average molecular weight is 317 g/mol. The Labute approximate surface area is 120 Å². The molecular weight excluding hydrogens is 302 g/mol. The third kappa shape index (κ3) is 3.83. The lowest BCUT2D eigenvalue weighted by Crippen LogP contribution is -2.25. The highest BCUT2D eigenvalue weighted by Crippen LogP contribution is 2.19. The standard InChI is InChI=1S/C11H15N3O2S3/c1-8-14-10(7-17-8)2-3-13-19(15,16)11-4-9(5-12)6-18-11/h4,6-7,13H,2-3,5,12H2,1H3. The summed E-state index contributed by atoms with van der Waals surface area (Å²) in [5.74, 6) is 0. The van der Waals surface area contributed by atoms with E-state index in [-0.39, 0.29) is 0 Å². The van der Waals surface area contributed by atoms with E-state index in [0.29, 0.717) is 23.7 Å². The van der Waals surface area contributed by atoms with Crippen LogP contribution in [0, 0.1) is 6.92 Å². The van der Waals surface area contributed by atoms with E-state index in [0.717, 1.165) is 16.3 Å². The molecule has 3 N–H and O–H groups in total. The fraction of sp³-hybridized carbons (Fsp3) is 0.364. The summed E-state index contributed by atoms with van der Waals surface area (Å²) in [5, 5.41) is 4.70. The molecule has 0 aliphatic carbocycles. The summed E-state index contributed by atoms with van der Waals surface area (Å²) in [6.07, 6.45) is 0.596. The van der Waals surface area contributed by atoms with Crippen LogP contribution >= 0.6 is 22.7 Å². The van der Waals surface area contributed by atoms with Crippen LogP contribution in [0.4, 0.5) is 0 Å². The molecule has 2 heterocycles. The van der Waals surface area contributed by atoms with Crippen LogP contribution in [0.1, 0.15) is 16.3 Å². The topological polar surface area (TPSA) is 85.1 Å². The summed E-state index contributed by atoms with van der Waals surface area (Å²) in [5.41, 5.74) is 7.22. The number of hydrogen-bond acceptors (Lipinski definition) is 6. The maximum atomic E-state index is 12.0. The van der Waals surface area contributed by atoms with Crippen molar-refractivity contribution < 1.29 is 8.42 Å². The van der Waals surface area contributed by atoms with Crippen molar-refractivity contribution in [1.29, 1.82) is 0 Å². The first-order valence-corrected chi connectivity index (χ1v) is 8.93. The molecule has 0 aromatic carbocycles. The second-order valence-corrected chi connectivity index (χ2v) is 7.95. The maximum Gasteiger partial charge on any atom is 0.250 e. The zero-order valence-corrected chi connectivity index (χ0v) is 12.9. The molecule has 2 rings (SSSR count). The van der Waals surface area contributed by atoms with Crippen LogP contribution in [0.5, 0.6) is 0 Å². The van der Waals surface area contributed by atoms with Gasteiger partial charge in [-0.2, -0.15) is 0 Å². The molecule has 0 aliphatic heterocycles. The van der Waals surface area contributed by atoms with Crippen molar-refractivity contribution >= 4 is 32.7 Å². The molecule has 0 amide bonds. The summed E-state index contributed by atoms with van der Waals surface area (Å²) < 4.78 is 26.9. The Morgan fingerprint density at radius 2 is 2.16 bits per heavy atom. The van der Waals surface area contributed by atoms with Crippen molar-refractivity contribution in [3.8, 4) is 0 Å². The highest BCUT2D eigenvalue weighted by molar-refractivity contribution is 7.91. The van der Waals surface area contributed by atoms with Gasteiger partial charge in [-0.3, -0.25) is 0 Å². The number of nitrogens with zero attached hydrogens (tertiary/aromatic N) is 1. The summed E-state index contributed by atoms with van der Waals surface area (Å²) in [4.78, 5) is 4.29. The minimum absolute atomic E-state index is 0.308. The molecule has 5 nitrogen and oxygen atoms in total. The summed E-state index contributed by atoms with van der Waals surface area (Å²) in [6, 6.07) is 1.61. The molecule has 0 radical (unpaired) electrons. The van der Waals surface area contributed by atoms with E-state index >= 15 is 0 Å². The molecule has 0 bridgehead atoms. The molecular formula is C11H15N3O2S3. The van der Waals surface area contributed by atoms with Gasteiger partial charge in [0.15, 0.2) is 0 Å². The van der Waals surface area contributed by atoms with E-state index in [1.807, 2.05) is 12.3 Å². The van der Waals surface area contributed by atoms with Crippen molar-refractivity contribution in [2.75, 3.05) is 6.54 Å². The Balaban J connectivity index is 1.94. The number of aromatic nitrogens is 1. The number of nitrogens with two attached hydrogens (primary N) is 1. The fourth-order valence-electron chi connectivity index (χ4n) is 1.51. The number of sulfonamides is 1. The van der Waals surface area contributed by atoms with Gasteiger partial charge < -0.3 is 5.73 Å². The molecule has 0 atom stereocenters. The van der Waals surface area contributed by atoms with Crippen molar-refractivity contribution in [3.63, 3.8) is 0 Å². The number of rotatable bonds is 6. The van der Waals surface area contributed by atoms with Crippen LogP contribution in [-0.2, 0) is 23.0 Å². The van der Waals surface area contributed by atoms with Gasteiger partial charge in [-0.15, -0.1) is 22.7 Å². The van der Waals surface area contributed by atoms with Crippen molar-refractivity contribution in [2.24, 2.45) is 5.73 Å². The second-order valence-electron chi connectivity index (χ2n) is 3.98. The lowest BCUT2D eigenvalue weighted by atomic mass is 10.3. The number of thiophene rings is 1. The molecule has 0 aliphatic rings. The highest BCUT2D eigenvalue weighted by atomic mass is 32.2. The molecule has 104 valence electrons. The number of thiazole rings is 1. The maximum absolute atomic E-state index is 12.0. The van der Waals surface area contributed by atoms with Crippen molar-refractivity contribution in [1.82, 2.24) is 9.71 Å². The van der Waals surface area contributed by atoms with E-state index in [1.54, 1.807) is 22.8 Å². The minimum Gasteiger partial charge on any atom is -0.326 e. The predicted molar refractivity (Wildman–Crippen MR) is 78.0 cm³/mol. The van der Waals surface area contributed by atoms with Crippen LogP contribution < -0.4 is 10.5 Å². The fourth-order valence-corrected chi connectivity index (χ4v) is 4.45. The number of hydrogen-bond donors (Lipinski definition) is 2. The summed E-state index contributed by atoms with van der Waals surface area (Å²) in [7, 11) is -3.42. The SMILES string of the molecule is Cc1nc(CCNS(=O)(=O)c2cc(CN)cs2)cs1. The molecule has 8 heteroatoms. The Hall–Kier alpha value is -0.800. The molecule has 2 aromatic rings. The van der Waals surface area contributed by atoms with Crippen molar-refractivity contribution in [3.05, 3.63) is 33.1 Å². The van der Waals surface area contributed by atoms with E-state index in [2.05, 4.69) is 9.71 Å². The van der Waals surface area contributed by atoms with Crippen LogP contribution in [0.3, 0.4) is 0 Å². The summed E-state index contributed by atoms with van der Waals surface area (Å²) in [6.45, 7) is 2.63. The van der Waals surface area contributed by atoms with E-state index in [1.165, 1.54) is 11.3 Å². The first-order chi connectivity index (χ1) is 9.01. The smallest absolute Gasteiger partial charge is 0.250 e. The Kier molecular flexibility index (Phi) is 4.69. The monoisotopic (exact) mass is 317 g/mol. The lowest BCUT2D eigenvalue weighted by molar-refractivity contribution is 0.583. The molecule has 19 heavy (non-hydrogen) atoms. The van der Waals surface area contributed by atoms with Gasteiger partial charge in [-0.25, -0.2) is 18.1 Å². The normalized spacial score (nSPS) is 11.9. The average Bonchev–Trinajstić information content (AvgIpc) is 2.98. The van der Waals surface area contributed by atoms with Crippen LogP contribution in [0.25, 0.3) is 0 Å². The quantitative estimate of drug-likeness (QED) is 0.845. The molecule has 0 saturated carbocycles. The Morgan fingerprint density at radius 1 is 1.37 bits per heavy atom. The first-order valence-electron chi connectivity index (χ1n) is 5.69.